The fourth-order valence-electron chi connectivity index (χ4n) is 2.54. The number of ether oxygens (including phenoxy) is 1. The summed E-state index contributed by atoms with van der Waals surface area (Å²) < 4.78 is 5.47. The number of thiophene rings is 1. The number of hydrogen-bond donors (Lipinski definition) is 2. The molecule has 0 aromatic carbocycles. The van der Waals surface area contributed by atoms with Crippen molar-refractivity contribution in [2.75, 3.05) is 39.8 Å². The van der Waals surface area contributed by atoms with Gasteiger partial charge in [0.15, 0.2) is 5.11 Å². The van der Waals surface area contributed by atoms with Crippen LogP contribution in [0.15, 0.2) is 12.1 Å². The van der Waals surface area contributed by atoms with Crippen LogP contribution in [0, 0.1) is 0 Å². The lowest BCUT2D eigenvalue weighted by Gasteiger charge is -2.33. The number of thiocarbonyl (C=S) groups is 1. The van der Waals surface area contributed by atoms with Gasteiger partial charge < -0.3 is 19.9 Å². The molecule has 0 amide bonds. The zero-order chi connectivity index (χ0) is 16.7. The van der Waals surface area contributed by atoms with Crippen LogP contribution in [0.1, 0.15) is 17.7 Å². The van der Waals surface area contributed by atoms with Crippen LogP contribution in [0.5, 0.6) is 0 Å². The Hall–Kier alpha value is -0.890. The van der Waals surface area contributed by atoms with Crippen LogP contribution in [0.2, 0.25) is 4.34 Å². The molecule has 1 aliphatic rings. The fourth-order valence-corrected chi connectivity index (χ4v) is 3.98. The van der Waals surface area contributed by atoms with Crippen molar-refractivity contribution < 1.29 is 14.4 Å². The molecule has 2 N–H and O–H groups in total. The van der Waals surface area contributed by atoms with Crippen molar-refractivity contribution in [3.8, 4) is 0 Å². The third kappa shape index (κ3) is 6.25. The van der Waals surface area contributed by atoms with Gasteiger partial charge in [-0.15, -0.1) is 11.3 Å². The van der Waals surface area contributed by atoms with Crippen LogP contribution in [0.25, 0.3) is 0 Å². The van der Waals surface area contributed by atoms with E-state index in [1.807, 2.05) is 6.07 Å². The van der Waals surface area contributed by atoms with Gasteiger partial charge in [-0.05, 0) is 30.8 Å². The summed E-state index contributed by atoms with van der Waals surface area (Å²) >= 11 is 13.1. The molecule has 0 aliphatic carbocycles. The van der Waals surface area contributed by atoms with E-state index in [-0.39, 0.29) is 5.97 Å². The standard InChI is InChI=1S/C15H22ClN3O2S2/c1-21-14(20)3-2-6-17-15(22)19-9-7-18(8-10-19)11-12-4-5-13(16)23-12/h4-5H,2-3,6-11H2,1H3,(H,17,22)/p+1. The number of nitrogens with zero attached hydrogens (tertiary/aromatic N) is 1. The average molecular weight is 377 g/mol. The minimum Gasteiger partial charge on any atom is -0.469 e. The highest BCUT2D eigenvalue weighted by Gasteiger charge is 2.22. The molecule has 0 radical (unpaired) electrons. The molecule has 2 rings (SSSR count). The first kappa shape index (κ1) is 18.4. The lowest BCUT2D eigenvalue weighted by molar-refractivity contribution is -0.917. The summed E-state index contributed by atoms with van der Waals surface area (Å²) in [5.41, 5.74) is 0. The van der Waals surface area contributed by atoms with Gasteiger partial charge in [0, 0.05) is 13.0 Å². The van der Waals surface area contributed by atoms with Crippen LogP contribution in [-0.2, 0) is 16.1 Å². The molecule has 128 valence electrons. The molecule has 0 bridgehead atoms. The summed E-state index contributed by atoms with van der Waals surface area (Å²) in [6, 6.07) is 4.07. The first-order valence-corrected chi connectivity index (χ1v) is 9.36. The molecule has 2 heterocycles. The van der Waals surface area contributed by atoms with E-state index in [2.05, 4.69) is 21.0 Å². The first-order valence-electron chi connectivity index (χ1n) is 7.76. The molecule has 1 aromatic heterocycles. The second-order valence-electron chi connectivity index (χ2n) is 5.53. The van der Waals surface area contributed by atoms with E-state index in [0.29, 0.717) is 13.0 Å². The van der Waals surface area contributed by atoms with Gasteiger partial charge >= 0.3 is 5.97 Å². The van der Waals surface area contributed by atoms with Gasteiger partial charge in [0.2, 0.25) is 0 Å². The Morgan fingerprint density at radius 3 is 2.83 bits per heavy atom. The van der Waals surface area contributed by atoms with Gasteiger partial charge in [-0.25, -0.2) is 0 Å². The Morgan fingerprint density at radius 2 is 2.22 bits per heavy atom. The maximum atomic E-state index is 11.0. The molecule has 0 spiro atoms. The number of carbonyl (C=O) groups is 1. The number of carbonyl (C=O) groups excluding carboxylic acids is 1. The fraction of sp³-hybridized carbons (Fsp3) is 0.600. The Balaban J connectivity index is 1.63. The largest absolute Gasteiger partial charge is 0.469 e. The topological polar surface area (TPSA) is 46.0 Å². The smallest absolute Gasteiger partial charge is 0.305 e. The highest BCUT2D eigenvalue weighted by atomic mass is 35.5. The Morgan fingerprint density at radius 1 is 1.48 bits per heavy atom. The van der Waals surface area contributed by atoms with E-state index >= 15 is 0 Å². The quantitative estimate of drug-likeness (QED) is 0.439. The predicted octanol–water partition coefficient (Wildman–Crippen LogP) is 0.930. The summed E-state index contributed by atoms with van der Waals surface area (Å²) in [4.78, 5) is 16.1. The molecule has 8 heteroatoms. The molecule has 1 aromatic rings. The van der Waals surface area contributed by atoms with Crippen molar-refractivity contribution in [3.05, 3.63) is 21.3 Å². The van der Waals surface area contributed by atoms with Gasteiger partial charge in [0.1, 0.15) is 6.54 Å². The van der Waals surface area contributed by atoms with Crippen LogP contribution >= 0.6 is 35.2 Å². The molecule has 1 aliphatic heterocycles. The summed E-state index contributed by atoms with van der Waals surface area (Å²) in [6.45, 7) is 5.78. The number of halogens is 1. The van der Waals surface area contributed by atoms with E-state index in [1.165, 1.54) is 12.0 Å². The third-order valence-electron chi connectivity index (χ3n) is 3.87. The third-order valence-corrected chi connectivity index (χ3v) is 5.51. The van der Waals surface area contributed by atoms with Crippen molar-refractivity contribution in [1.82, 2.24) is 10.2 Å². The Kier molecular flexibility index (Phi) is 7.55. The lowest BCUT2D eigenvalue weighted by Crippen LogP contribution is -3.13. The zero-order valence-electron chi connectivity index (χ0n) is 13.3. The molecule has 0 saturated carbocycles. The van der Waals surface area contributed by atoms with Gasteiger partial charge in [-0.3, -0.25) is 4.79 Å². The SMILES string of the molecule is COC(=O)CCCNC(=S)N1CC[NH+](Cc2ccc(Cl)s2)CC1. The van der Waals surface area contributed by atoms with Crippen molar-refractivity contribution in [1.29, 1.82) is 0 Å². The Labute approximate surface area is 151 Å². The minimum atomic E-state index is -0.177. The normalized spacial score (nSPS) is 15.5. The van der Waals surface area contributed by atoms with E-state index in [4.69, 9.17) is 23.8 Å². The molecular weight excluding hydrogens is 354 g/mol. The van der Waals surface area contributed by atoms with Crippen LogP contribution in [0.4, 0.5) is 0 Å². The predicted molar refractivity (Wildman–Crippen MR) is 97.2 cm³/mol. The van der Waals surface area contributed by atoms with Crippen LogP contribution in [-0.4, -0.2) is 55.8 Å². The molecule has 0 atom stereocenters. The second-order valence-corrected chi connectivity index (χ2v) is 7.72. The first-order chi connectivity index (χ1) is 11.1. The molecule has 5 nitrogen and oxygen atoms in total. The highest BCUT2D eigenvalue weighted by Crippen LogP contribution is 2.20. The maximum Gasteiger partial charge on any atom is 0.305 e. The number of piperazine rings is 1. The molecular formula is C15H23ClN3O2S2+. The molecule has 23 heavy (non-hydrogen) atoms. The molecule has 1 saturated heterocycles. The van der Waals surface area contributed by atoms with Crippen molar-refractivity contribution in [3.63, 3.8) is 0 Å². The van der Waals surface area contributed by atoms with Crippen molar-refractivity contribution >= 4 is 46.2 Å². The van der Waals surface area contributed by atoms with Gasteiger partial charge in [-0.2, -0.15) is 0 Å². The molecule has 0 unspecified atom stereocenters. The van der Waals surface area contributed by atoms with Gasteiger partial charge in [0.25, 0.3) is 0 Å². The average Bonchev–Trinajstić information content (AvgIpc) is 2.96. The van der Waals surface area contributed by atoms with E-state index in [0.717, 1.165) is 48.6 Å². The summed E-state index contributed by atoms with van der Waals surface area (Å²) in [6.07, 6.45) is 1.16. The van der Waals surface area contributed by atoms with E-state index in [1.54, 1.807) is 16.2 Å². The summed E-state index contributed by atoms with van der Waals surface area (Å²) in [5, 5.41) is 4.01. The van der Waals surface area contributed by atoms with Crippen molar-refractivity contribution in [2.45, 2.75) is 19.4 Å². The van der Waals surface area contributed by atoms with E-state index in [9.17, 15) is 4.79 Å². The monoisotopic (exact) mass is 376 g/mol. The number of methoxy groups -OCH3 is 1. The lowest BCUT2D eigenvalue weighted by atomic mass is 10.3. The van der Waals surface area contributed by atoms with Crippen LogP contribution in [0.3, 0.4) is 0 Å². The van der Waals surface area contributed by atoms with Gasteiger partial charge in [0.05, 0.1) is 42.5 Å². The zero-order valence-corrected chi connectivity index (χ0v) is 15.7. The number of quaternary nitrogens is 1. The van der Waals surface area contributed by atoms with Crippen LogP contribution < -0.4 is 10.2 Å². The van der Waals surface area contributed by atoms with Crippen molar-refractivity contribution in [2.24, 2.45) is 0 Å². The number of rotatable bonds is 6. The maximum absolute atomic E-state index is 11.0. The minimum absolute atomic E-state index is 0.177. The molecule has 1 fully saturated rings. The number of esters is 1. The highest BCUT2D eigenvalue weighted by molar-refractivity contribution is 7.80. The Bertz CT molecular complexity index is 531. The number of hydrogen-bond acceptors (Lipinski definition) is 4. The van der Waals surface area contributed by atoms with Gasteiger partial charge in [-0.1, -0.05) is 11.6 Å². The second kappa shape index (κ2) is 9.42. The summed E-state index contributed by atoms with van der Waals surface area (Å²) in [7, 11) is 1.41. The number of nitrogens with one attached hydrogen (secondary N) is 2. The van der Waals surface area contributed by atoms with E-state index < -0.39 is 0 Å². The summed E-state index contributed by atoms with van der Waals surface area (Å²) in [5.74, 6) is -0.177.